The number of nitrogens with one attached hydrogen (secondary N) is 1. The van der Waals surface area contributed by atoms with Gasteiger partial charge in [0.05, 0.1) is 0 Å². The molecule has 0 heterocycles. The number of hydrogen-bond acceptors (Lipinski definition) is 3. The quantitative estimate of drug-likeness (QED) is 0.632. The molecule has 3 heteroatoms. The number of hydrogen-bond donors (Lipinski definition) is 1. The van der Waals surface area contributed by atoms with Crippen molar-refractivity contribution >= 4 is 0 Å². The van der Waals surface area contributed by atoms with Crippen molar-refractivity contribution in [3.8, 4) is 0 Å². The maximum Gasteiger partial charge on any atom is 0.0330 e. The molecule has 0 aliphatic heterocycles. The molecule has 0 spiro atoms. The largest absolute Gasteiger partial charge is 0.317 e. The smallest absolute Gasteiger partial charge is 0.0330 e. The normalized spacial score (nSPS) is 19.1. The van der Waals surface area contributed by atoms with E-state index in [4.69, 9.17) is 0 Å². The molecule has 0 aromatic heterocycles. The first kappa shape index (κ1) is 13.9. The number of nitrogens with zero attached hydrogens (tertiary/aromatic N) is 2. The van der Waals surface area contributed by atoms with Crippen LogP contribution in [0.2, 0.25) is 0 Å². The van der Waals surface area contributed by atoms with Crippen LogP contribution >= 0.6 is 0 Å². The third kappa shape index (κ3) is 3.72. The summed E-state index contributed by atoms with van der Waals surface area (Å²) in [6, 6.07) is 0. The van der Waals surface area contributed by atoms with E-state index in [1.54, 1.807) is 0 Å². The highest BCUT2D eigenvalue weighted by molar-refractivity contribution is 4.97. The highest BCUT2D eigenvalue weighted by Crippen LogP contribution is 2.36. The van der Waals surface area contributed by atoms with Crippen LogP contribution in [-0.4, -0.2) is 62.7 Å². The molecule has 1 aliphatic carbocycles. The van der Waals surface area contributed by atoms with Gasteiger partial charge < -0.3 is 15.1 Å². The van der Waals surface area contributed by atoms with E-state index in [1.165, 1.54) is 38.8 Å². The Bertz CT molecular complexity index is 188. The van der Waals surface area contributed by atoms with Crippen LogP contribution in [0, 0.1) is 0 Å². The first-order chi connectivity index (χ1) is 7.60. The SMILES string of the molecule is CCNCCCN(C)CC1(N(C)C)CCC1. The number of likely N-dealkylation sites (N-methyl/N-ethyl adjacent to an activating group) is 2. The minimum atomic E-state index is 0.479. The van der Waals surface area contributed by atoms with E-state index in [0.29, 0.717) is 5.54 Å². The minimum absolute atomic E-state index is 0.479. The fraction of sp³-hybridized carbons (Fsp3) is 1.00. The first-order valence-corrected chi connectivity index (χ1v) is 6.67. The molecule has 0 aromatic carbocycles. The molecule has 96 valence electrons. The molecule has 0 bridgehead atoms. The average Bonchev–Trinajstić information content (AvgIpc) is 2.18. The molecule has 0 saturated heterocycles. The summed E-state index contributed by atoms with van der Waals surface area (Å²) in [5.74, 6) is 0. The van der Waals surface area contributed by atoms with E-state index < -0.39 is 0 Å². The molecule has 1 saturated carbocycles. The first-order valence-electron chi connectivity index (χ1n) is 6.67. The third-order valence-electron chi connectivity index (χ3n) is 3.94. The molecule has 0 aromatic rings. The summed E-state index contributed by atoms with van der Waals surface area (Å²) < 4.78 is 0. The van der Waals surface area contributed by atoms with Gasteiger partial charge in [-0.15, -0.1) is 0 Å². The molecular weight excluding hydrogens is 198 g/mol. The van der Waals surface area contributed by atoms with Crippen molar-refractivity contribution < 1.29 is 0 Å². The third-order valence-corrected chi connectivity index (χ3v) is 3.94. The van der Waals surface area contributed by atoms with E-state index >= 15 is 0 Å². The van der Waals surface area contributed by atoms with Crippen LogP contribution in [0.3, 0.4) is 0 Å². The summed E-state index contributed by atoms with van der Waals surface area (Å²) in [5.41, 5.74) is 0.479. The lowest BCUT2D eigenvalue weighted by Crippen LogP contribution is -2.56. The second kappa shape index (κ2) is 6.58. The standard InChI is InChI=1S/C13H29N3/c1-5-14-10-7-11-16(4)12-13(15(2)3)8-6-9-13/h14H,5-12H2,1-4H3. The lowest BCUT2D eigenvalue weighted by molar-refractivity contribution is 0.0277. The second-order valence-electron chi connectivity index (χ2n) is 5.42. The van der Waals surface area contributed by atoms with Crippen LogP contribution in [0.1, 0.15) is 32.6 Å². The zero-order valence-corrected chi connectivity index (χ0v) is 11.6. The highest BCUT2D eigenvalue weighted by atomic mass is 15.2. The fourth-order valence-electron chi connectivity index (χ4n) is 2.56. The molecule has 0 unspecified atom stereocenters. The molecular formula is C13H29N3. The van der Waals surface area contributed by atoms with Crippen LogP contribution in [0.4, 0.5) is 0 Å². The van der Waals surface area contributed by atoms with E-state index in [1.807, 2.05) is 0 Å². The second-order valence-corrected chi connectivity index (χ2v) is 5.42. The summed E-state index contributed by atoms with van der Waals surface area (Å²) in [4.78, 5) is 4.92. The average molecular weight is 227 g/mol. The van der Waals surface area contributed by atoms with Gasteiger partial charge in [-0.25, -0.2) is 0 Å². The monoisotopic (exact) mass is 227 g/mol. The topological polar surface area (TPSA) is 18.5 Å². The Morgan fingerprint density at radius 3 is 2.31 bits per heavy atom. The van der Waals surface area contributed by atoms with Crippen molar-refractivity contribution in [1.29, 1.82) is 0 Å². The summed E-state index contributed by atoms with van der Waals surface area (Å²) in [6.07, 6.45) is 5.41. The highest BCUT2D eigenvalue weighted by Gasteiger charge is 2.39. The predicted molar refractivity (Wildman–Crippen MR) is 70.9 cm³/mol. The molecule has 16 heavy (non-hydrogen) atoms. The Hall–Kier alpha value is -0.120. The summed E-state index contributed by atoms with van der Waals surface area (Å²) in [6.45, 7) is 6.84. The van der Waals surface area contributed by atoms with E-state index in [9.17, 15) is 0 Å². The Kier molecular flexibility index (Phi) is 5.73. The number of rotatable bonds is 8. The van der Waals surface area contributed by atoms with Crippen molar-refractivity contribution in [3.05, 3.63) is 0 Å². The Labute approximate surface area is 101 Å². The Balaban J connectivity index is 2.19. The minimum Gasteiger partial charge on any atom is -0.317 e. The van der Waals surface area contributed by atoms with Gasteiger partial charge in [0.15, 0.2) is 0 Å². The molecule has 0 amide bonds. The summed E-state index contributed by atoms with van der Waals surface area (Å²) in [7, 11) is 6.72. The molecule has 1 aliphatic rings. The molecule has 1 fully saturated rings. The van der Waals surface area contributed by atoms with Crippen LogP contribution in [0.15, 0.2) is 0 Å². The van der Waals surface area contributed by atoms with Gasteiger partial charge in [0, 0.05) is 12.1 Å². The van der Waals surface area contributed by atoms with E-state index in [-0.39, 0.29) is 0 Å². The van der Waals surface area contributed by atoms with Crippen molar-refractivity contribution in [1.82, 2.24) is 15.1 Å². The molecule has 1 N–H and O–H groups in total. The fourth-order valence-corrected chi connectivity index (χ4v) is 2.56. The van der Waals surface area contributed by atoms with E-state index in [2.05, 4.69) is 43.2 Å². The van der Waals surface area contributed by atoms with Crippen LogP contribution < -0.4 is 5.32 Å². The molecule has 1 rings (SSSR count). The predicted octanol–water partition coefficient (Wildman–Crippen LogP) is 1.40. The van der Waals surface area contributed by atoms with Crippen molar-refractivity contribution in [3.63, 3.8) is 0 Å². The maximum atomic E-state index is 3.38. The lowest BCUT2D eigenvalue weighted by atomic mass is 9.75. The van der Waals surface area contributed by atoms with Gasteiger partial charge in [0.25, 0.3) is 0 Å². The van der Waals surface area contributed by atoms with Crippen molar-refractivity contribution in [2.24, 2.45) is 0 Å². The van der Waals surface area contributed by atoms with Gasteiger partial charge in [-0.05, 0) is 66.5 Å². The summed E-state index contributed by atoms with van der Waals surface area (Å²) >= 11 is 0. The van der Waals surface area contributed by atoms with Crippen LogP contribution in [-0.2, 0) is 0 Å². The van der Waals surface area contributed by atoms with Gasteiger partial charge >= 0.3 is 0 Å². The lowest BCUT2D eigenvalue weighted by Gasteiger charge is -2.49. The van der Waals surface area contributed by atoms with Gasteiger partial charge in [-0.1, -0.05) is 6.92 Å². The van der Waals surface area contributed by atoms with Gasteiger partial charge in [-0.2, -0.15) is 0 Å². The zero-order chi connectivity index (χ0) is 12.0. The Morgan fingerprint density at radius 2 is 1.88 bits per heavy atom. The van der Waals surface area contributed by atoms with Crippen molar-refractivity contribution in [2.45, 2.75) is 38.1 Å². The van der Waals surface area contributed by atoms with Gasteiger partial charge in [0.2, 0.25) is 0 Å². The summed E-state index contributed by atoms with van der Waals surface area (Å²) in [5, 5.41) is 3.38. The van der Waals surface area contributed by atoms with Gasteiger partial charge in [-0.3, -0.25) is 0 Å². The zero-order valence-electron chi connectivity index (χ0n) is 11.6. The molecule has 3 nitrogen and oxygen atoms in total. The van der Waals surface area contributed by atoms with Gasteiger partial charge in [0.1, 0.15) is 0 Å². The van der Waals surface area contributed by atoms with E-state index in [0.717, 1.165) is 13.1 Å². The maximum absolute atomic E-state index is 3.38. The van der Waals surface area contributed by atoms with Crippen LogP contribution in [0.5, 0.6) is 0 Å². The molecule has 0 atom stereocenters. The van der Waals surface area contributed by atoms with Crippen molar-refractivity contribution in [2.75, 3.05) is 47.3 Å². The molecule has 0 radical (unpaired) electrons. The van der Waals surface area contributed by atoms with Crippen LogP contribution in [0.25, 0.3) is 0 Å². The Morgan fingerprint density at radius 1 is 1.19 bits per heavy atom.